The van der Waals surface area contributed by atoms with Crippen molar-refractivity contribution in [3.63, 3.8) is 0 Å². The molecule has 0 amide bonds. The highest BCUT2D eigenvalue weighted by atomic mass is 15.1. The Labute approximate surface area is 117 Å². The van der Waals surface area contributed by atoms with Crippen molar-refractivity contribution in [2.75, 3.05) is 5.32 Å². The Hall–Kier alpha value is -1.12. The Bertz CT molecular complexity index is 438. The normalized spacial score (nSPS) is 22.5. The summed E-state index contributed by atoms with van der Waals surface area (Å²) in [6.07, 6.45) is 5.07. The summed E-state index contributed by atoms with van der Waals surface area (Å²) in [5, 5.41) is 3.55. The number of nitrogens with one attached hydrogen (secondary N) is 1. The van der Waals surface area contributed by atoms with Gasteiger partial charge in [-0.15, -0.1) is 0 Å². The van der Waals surface area contributed by atoms with Crippen LogP contribution in [-0.2, 0) is 0 Å². The van der Waals surface area contributed by atoms with Crippen LogP contribution in [0.25, 0.3) is 0 Å². The molecule has 19 heavy (non-hydrogen) atoms. The van der Waals surface area contributed by atoms with Gasteiger partial charge in [0, 0.05) is 17.4 Å². The van der Waals surface area contributed by atoms with Gasteiger partial charge in [-0.3, -0.25) is 0 Å². The third-order valence-corrected chi connectivity index (χ3v) is 4.00. The zero-order valence-corrected chi connectivity index (χ0v) is 13.0. The summed E-state index contributed by atoms with van der Waals surface area (Å²) >= 11 is 0. The third-order valence-electron chi connectivity index (χ3n) is 4.00. The molecule has 0 aromatic carbocycles. The van der Waals surface area contributed by atoms with Crippen LogP contribution in [0.5, 0.6) is 0 Å². The summed E-state index contributed by atoms with van der Waals surface area (Å²) in [5.41, 5.74) is 2.63. The number of hydrogen-bond donors (Lipinski definition) is 1. The first-order valence-corrected chi connectivity index (χ1v) is 7.48. The second-order valence-corrected chi connectivity index (χ2v) is 7.01. The van der Waals surface area contributed by atoms with Crippen molar-refractivity contribution in [1.29, 1.82) is 0 Å². The van der Waals surface area contributed by atoms with E-state index in [2.05, 4.69) is 49.0 Å². The third kappa shape index (κ3) is 3.92. The van der Waals surface area contributed by atoms with Crippen LogP contribution in [0.15, 0.2) is 6.07 Å². The maximum Gasteiger partial charge on any atom is 0.223 e. The van der Waals surface area contributed by atoms with Crippen molar-refractivity contribution in [1.82, 2.24) is 9.97 Å². The number of rotatable bonds is 3. The second-order valence-electron chi connectivity index (χ2n) is 7.01. The van der Waals surface area contributed by atoms with E-state index >= 15 is 0 Å². The van der Waals surface area contributed by atoms with Crippen LogP contribution in [0.1, 0.15) is 70.7 Å². The van der Waals surface area contributed by atoms with Gasteiger partial charge in [0.2, 0.25) is 5.95 Å². The molecule has 3 nitrogen and oxygen atoms in total. The van der Waals surface area contributed by atoms with Gasteiger partial charge >= 0.3 is 0 Å². The van der Waals surface area contributed by atoms with E-state index in [1.54, 1.807) is 0 Å². The average Bonchev–Trinajstić information content (AvgIpc) is 2.26. The fraction of sp³-hybridized carbons (Fsp3) is 0.750. The summed E-state index contributed by atoms with van der Waals surface area (Å²) in [6.45, 7) is 11.1. The van der Waals surface area contributed by atoms with Crippen LogP contribution in [-0.4, -0.2) is 16.0 Å². The van der Waals surface area contributed by atoms with E-state index < -0.39 is 0 Å². The molecule has 0 spiro atoms. The van der Waals surface area contributed by atoms with Crippen LogP contribution >= 0.6 is 0 Å². The lowest BCUT2D eigenvalue weighted by Gasteiger charge is -2.35. The summed E-state index contributed by atoms with van der Waals surface area (Å²) < 4.78 is 0. The van der Waals surface area contributed by atoms with Gasteiger partial charge < -0.3 is 5.32 Å². The minimum Gasteiger partial charge on any atom is -0.351 e. The molecule has 1 unspecified atom stereocenters. The van der Waals surface area contributed by atoms with E-state index in [4.69, 9.17) is 0 Å². The molecule has 2 rings (SSSR count). The zero-order valence-electron chi connectivity index (χ0n) is 13.0. The van der Waals surface area contributed by atoms with Gasteiger partial charge in [-0.2, -0.15) is 0 Å². The average molecular weight is 261 g/mol. The first-order valence-electron chi connectivity index (χ1n) is 7.48. The molecular formula is C16H27N3. The van der Waals surface area contributed by atoms with Crippen LogP contribution < -0.4 is 5.32 Å². The minimum absolute atomic E-state index is 0.445. The highest BCUT2D eigenvalue weighted by molar-refractivity contribution is 5.30. The molecule has 0 aliphatic heterocycles. The standard InChI is InChI=1S/C16H27N3/c1-11(2)14-9-12(3)17-15(19-14)18-13-7-6-8-16(4,5)10-13/h9,11,13H,6-8,10H2,1-5H3,(H,17,18,19). The molecule has 1 aliphatic carbocycles. The van der Waals surface area contributed by atoms with Crippen molar-refractivity contribution in [3.8, 4) is 0 Å². The lowest BCUT2D eigenvalue weighted by atomic mass is 9.75. The monoisotopic (exact) mass is 261 g/mol. The molecule has 106 valence electrons. The molecule has 1 atom stereocenters. The number of anilines is 1. The summed E-state index contributed by atoms with van der Waals surface area (Å²) in [6, 6.07) is 2.60. The number of hydrogen-bond acceptors (Lipinski definition) is 3. The molecule has 0 saturated heterocycles. The van der Waals surface area contributed by atoms with E-state index in [9.17, 15) is 0 Å². The van der Waals surface area contributed by atoms with Crippen molar-refractivity contribution >= 4 is 5.95 Å². The SMILES string of the molecule is Cc1cc(C(C)C)nc(NC2CCCC(C)(C)C2)n1. The largest absolute Gasteiger partial charge is 0.351 e. The predicted molar refractivity (Wildman–Crippen MR) is 80.5 cm³/mol. The maximum absolute atomic E-state index is 4.65. The molecular weight excluding hydrogens is 234 g/mol. The number of aromatic nitrogens is 2. The second kappa shape index (κ2) is 5.48. The van der Waals surface area contributed by atoms with E-state index in [1.165, 1.54) is 25.7 Å². The van der Waals surface area contributed by atoms with Crippen LogP contribution in [0.2, 0.25) is 0 Å². The molecule has 1 heterocycles. The van der Waals surface area contributed by atoms with Crippen LogP contribution in [0.4, 0.5) is 5.95 Å². The molecule has 3 heteroatoms. The predicted octanol–water partition coefficient (Wildman–Crippen LogP) is 4.29. The van der Waals surface area contributed by atoms with E-state index in [-0.39, 0.29) is 0 Å². The Balaban J connectivity index is 2.10. The van der Waals surface area contributed by atoms with Crippen molar-refractivity contribution in [2.45, 2.75) is 72.3 Å². The quantitative estimate of drug-likeness (QED) is 0.882. The molecule has 1 N–H and O–H groups in total. The van der Waals surface area contributed by atoms with Gasteiger partial charge in [0.15, 0.2) is 0 Å². The van der Waals surface area contributed by atoms with Gasteiger partial charge in [0.25, 0.3) is 0 Å². The lowest BCUT2D eigenvalue weighted by Crippen LogP contribution is -2.32. The Morgan fingerprint density at radius 2 is 2.05 bits per heavy atom. The Morgan fingerprint density at radius 1 is 1.32 bits per heavy atom. The first kappa shape index (κ1) is 14.3. The fourth-order valence-electron chi connectivity index (χ4n) is 2.96. The summed E-state index contributed by atoms with van der Waals surface area (Å²) in [5.74, 6) is 1.26. The number of nitrogens with zero attached hydrogens (tertiary/aromatic N) is 2. The highest BCUT2D eigenvalue weighted by Crippen LogP contribution is 2.36. The zero-order chi connectivity index (χ0) is 14.0. The van der Waals surface area contributed by atoms with E-state index in [1.807, 2.05) is 6.92 Å². The highest BCUT2D eigenvalue weighted by Gasteiger charge is 2.28. The molecule has 1 aliphatic rings. The topological polar surface area (TPSA) is 37.8 Å². The number of aryl methyl sites for hydroxylation is 1. The smallest absolute Gasteiger partial charge is 0.223 e. The van der Waals surface area contributed by atoms with Crippen LogP contribution in [0.3, 0.4) is 0 Å². The van der Waals surface area contributed by atoms with Gasteiger partial charge in [-0.1, -0.05) is 34.1 Å². The van der Waals surface area contributed by atoms with Crippen molar-refractivity contribution in [2.24, 2.45) is 5.41 Å². The van der Waals surface area contributed by atoms with E-state index in [0.717, 1.165) is 17.3 Å². The fourth-order valence-corrected chi connectivity index (χ4v) is 2.96. The molecule has 1 saturated carbocycles. The molecule has 0 radical (unpaired) electrons. The van der Waals surface area contributed by atoms with Crippen molar-refractivity contribution < 1.29 is 0 Å². The maximum atomic E-state index is 4.65. The Morgan fingerprint density at radius 3 is 2.68 bits per heavy atom. The molecule has 1 fully saturated rings. The molecule has 1 aromatic rings. The first-order chi connectivity index (χ1) is 8.85. The van der Waals surface area contributed by atoms with Gasteiger partial charge in [-0.25, -0.2) is 9.97 Å². The summed E-state index contributed by atoms with van der Waals surface area (Å²) in [4.78, 5) is 9.19. The Kier molecular flexibility index (Phi) is 4.12. The van der Waals surface area contributed by atoms with Gasteiger partial charge in [0.05, 0.1) is 0 Å². The van der Waals surface area contributed by atoms with Crippen molar-refractivity contribution in [3.05, 3.63) is 17.5 Å². The minimum atomic E-state index is 0.445. The van der Waals surface area contributed by atoms with Gasteiger partial charge in [-0.05, 0) is 43.6 Å². The lowest BCUT2D eigenvalue weighted by molar-refractivity contribution is 0.229. The van der Waals surface area contributed by atoms with Crippen LogP contribution in [0, 0.1) is 12.3 Å². The molecule has 1 aromatic heterocycles. The summed E-state index contributed by atoms with van der Waals surface area (Å²) in [7, 11) is 0. The molecule has 0 bridgehead atoms. The van der Waals surface area contributed by atoms with E-state index in [0.29, 0.717) is 17.4 Å². The van der Waals surface area contributed by atoms with Gasteiger partial charge in [0.1, 0.15) is 0 Å².